The van der Waals surface area contributed by atoms with Gasteiger partial charge >= 0.3 is 6.18 Å². The van der Waals surface area contributed by atoms with Gasteiger partial charge in [0.2, 0.25) is 0 Å². The molecule has 1 heterocycles. The number of carbonyl (C=O) groups excluding carboxylic acids is 1. The molecule has 138 valence electrons. The minimum Gasteiger partial charge on any atom is -0.491 e. The fourth-order valence-corrected chi connectivity index (χ4v) is 3.25. The van der Waals surface area contributed by atoms with Gasteiger partial charge in [-0.3, -0.25) is 4.79 Å². The molecule has 0 fully saturated rings. The van der Waals surface area contributed by atoms with E-state index in [1.807, 2.05) is 0 Å². The highest BCUT2D eigenvalue weighted by molar-refractivity contribution is 6.30. The number of ether oxygens (including phenoxy) is 1. The van der Waals surface area contributed by atoms with E-state index in [4.69, 9.17) is 16.3 Å². The highest BCUT2D eigenvalue weighted by Gasteiger charge is 2.36. The summed E-state index contributed by atoms with van der Waals surface area (Å²) < 4.78 is 44.9. The lowest BCUT2D eigenvalue weighted by Gasteiger charge is -2.32. The van der Waals surface area contributed by atoms with Gasteiger partial charge in [-0.25, -0.2) is 0 Å². The lowest BCUT2D eigenvalue weighted by atomic mass is 10.0. The van der Waals surface area contributed by atoms with E-state index < -0.39 is 17.8 Å². The number of hydrogen-bond acceptors (Lipinski definition) is 2. The van der Waals surface area contributed by atoms with Gasteiger partial charge in [0, 0.05) is 16.1 Å². The smallest absolute Gasteiger partial charge is 0.416 e. The van der Waals surface area contributed by atoms with Crippen LogP contribution in [0.2, 0.25) is 5.02 Å². The number of hydrogen-bond donors (Lipinski definition) is 0. The Morgan fingerprint density at radius 3 is 2.42 bits per heavy atom. The Morgan fingerprint density at radius 1 is 1.15 bits per heavy atom. The van der Waals surface area contributed by atoms with Crippen LogP contribution in [-0.4, -0.2) is 23.5 Å². The van der Waals surface area contributed by atoms with Crippen molar-refractivity contribution in [2.45, 2.75) is 32.1 Å². The van der Waals surface area contributed by atoms with Crippen LogP contribution in [0.4, 0.5) is 13.2 Å². The zero-order valence-corrected chi connectivity index (χ0v) is 14.9. The molecule has 3 rings (SSSR count). The predicted octanol–water partition coefficient (Wildman–Crippen LogP) is 5.34. The fraction of sp³-hybridized carbons (Fsp3) is 0.316. The molecule has 2 aromatic rings. The monoisotopic (exact) mass is 383 g/mol. The first-order chi connectivity index (χ1) is 12.2. The molecular weight excluding hydrogens is 367 g/mol. The van der Waals surface area contributed by atoms with Gasteiger partial charge in [-0.15, -0.1) is 0 Å². The summed E-state index contributed by atoms with van der Waals surface area (Å²) in [5.74, 6) is 0.0827. The van der Waals surface area contributed by atoms with Gasteiger partial charge < -0.3 is 9.64 Å². The van der Waals surface area contributed by atoms with E-state index in [0.717, 1.165) is 12.1 Å². The molecule has 0 saturated carbocycles. The third-order valence-corrected chi connectivity index (χ3v) is 4.74. The van der Waals surface area contributed by atoms with Crippen LogP contribution >= 0.6 is 11.6 Å². The van der Waals surface area contributed by atoms with Gasteiger partial charge in [-0.1, -0.05) is 11.6 Å². The normalized spacial score (nSPS) is 20.2. The van der Waals surface area contributed by atoms with Crippen molar-refractivity contribution in [2.24, 2.45) is 0 Å². The summed E-state index contributed by atoms with van der Waals surface area (Å²) >= 11 is 5.86. The average molecular weight is 384 g/mol. The molecule has 0 bridgehead atoms. The van der Waals surface area contributed by atoms with Gasteiger partial charge in [0.15, 0.2) is 0 Å². The van der Waals surface area contributed by atoms with E-state index in [9.17, 15) is 18.0 Å². The van der Waals surface area contributed by atoms with Crippen molar-refractivity contribution in [3.63, 3.8) is 0 Å². The summed E-state index contributed by atoms with van der Waals surface area (Å²) in [5, 5.41) is 0.502. The molecule has 0 spiro atoms. The van der Waals surface area contributed by atoms with Gasteiger partial charge in [0.1, 0.15) is 12.4 Å². The molecule has 0 N–H and O–H groups in total. The Balaban J connectivity index is 2.01. The molecule has 26 heavy (non-hydrogen) atoms. The molecule has 0 saturated heterocycles. The summed E-state index contributed by atoms with van der Waals surface area (Å²) in [6.45, 7) is 3.71. The van der Waals surface area contributed by atoms with Crippen molar-refractivity contribution < 1.29 is 22.7 Å². The molecule has 1 amide bonds. The first-order valence-electron chi connectivity index (χ1n) is 8.10. The maximum Gasteiger partial charge on any atom is 0.416 e. The number of rotatable bonds is 1. The van der Waals surface area contributed by atoms with Crippen molar-refractivity contribution in [3.8, 4) is 5.75 Å². The van der Waals surface area contributed by atoms with E-state index in [0.29, 0.717) is 21.9 Å². The molecule has 0 unspecified atom stereocenters. The van der Waals surface area contributed by atoms with Crippen molar-refractivity contribution in [1.82, 2.24) is 4.90 Å². The molecular formula is C19H17ClF3NO2. The van der Waals surface area contributed by atoms with E-state index in [-0.39, 0.29) is 18.6 Å². The Bertz CT molecular complexity index is 821. The largest absolute Gasteiger partial charge is 0.491 e. The number of nitrogens with zero attached hydrogens (tertiary/aromatic N) is 1. The number of carbonyl (C=O) groups is 1. The highest BCUT2D eigenvalue weighted by Crippen LogP contribution is 2.39. The zero-order chi connectivity index (χ0) is 19.1. The summed E-state index contributed by atoms with van der Waals surface area (Å²) in [6.07, 6.45) is -4.46. The van der Waals surface area contributed by atoms with Crippen LogP contribution in [0.3, 0.4) is 0 Å². The molecule has 3 nitrogen and oxygen atoms in total. The van der Waals surface area contributed by atoms with Crippen LogP contribution in [0, 0.1) is 0 Å². The first kappa shape index (κ1) is 18.6. The quantitative estimate of drug-likeness (QED) is 0.665. The molecule has 2 atom stereocenters. The van der Waals surface area contributed by atoms with Crippen molar-refractivity contribution in [1.29, 1.82) is 0 Å². The maximum absolute atomic E-state index is 13.1. The second-order valence-corrected chi connectivity index (χ2v) is 6.74. The second kappa shape index (κ2) is 6.83. The van der Waals surface area contributed by atoms with Crippen LogP contribution in [0.1, 0.15) is 41.4 Å². The molecule has 1 aliphatic rings. The average Bonchev–Trinajstić information content (AvgIpc) is 2.71. The lowest BCUT2D eigenvalue weighted by molar-refractivity contribution is -0.137. The number of amides is 1. The number of halogens is 4. The minimum atomic E-state index is -4.46. The first-order valence-corrected chi connectivity index (χ1v) is 8.48. The Hall–Kier alpha value is -2.21. The summed E-state index contributed by atoms with van der Waals surface area (Å²) in [5.41, 5.74) is -0.00448. The SMILES string of the molecule is C[C@@H]1COc2ccc(C(F)(F)F)cc2[C@H](C)N1C(=O)c1ccc(Cl)cc1. The molecule has 0 aromatic heterocycles. The third kappa shape index (κ3) is 3.51. The van der Waals surface area contributed by atoms with Crippen LogP contribution in [0.25, 0.3) is 0 Å². The summed E-state index contributed by atoms with van der Waals surface area (Å²) in [4.78, 5) is 14.5. The van der Waals surface area contributed by atoms with Gasteiger partial charge in [-0.05, 0) is 56.3 Å². The van der Waals surface area contributed by atoms with Gasteiger partial charge in [0.25, 0.3) is 5.91 Å². The number of benzene rings is 2. The van der Waals surface area contributed by atoms with E-state index in [1.54, 1.807) is 43.0 Å². The Morgan fingerprint density at radius 2 is 1.81 bits per heavy atom. The van der Waals surface area contributed by atoms with E-state index in [2.05, 4.69) is 0 Å². The lowest BCUT2D eigenvalue weighted by Crippen LogP contribution is -2.41. The van der Waals surface area contributed by atoms with Crippen LogP contribution < -0.4 is 4.74 Å². The molecule has 1 aliphatic heterocycles. The Labute approximate surface area is 154 Å². The minimum absolute atomic E-state index is 0.196. The summed E-state index contributed by atoms with van der Waals surface area (Å²) in [7, 11) is 0. The molecule has 0 radical (unpaired) electrons. The van der Waals surface area contributed by atoms with Gasteiger partial charge in [-0.2, -0.15) is 13.2 Å². The topological polar surface area (TPSA) is 29.5 Å². The highest BCUT2D eigenvalue weighted by atomic mass is 35.5. The molecule has 0 aliphatic carbocycles. The second-order valence-electron chi connectivity index (χ2n) is 6.31. The standard InChI is InChI=1S/C19H17ClF3NO2/c1-11-10-26-17-8-5-14(19(21,22)23)9-16(17)12(2)24(11)18(25)13-3-6-15(20)7-4-13/h3-9,11-12H,10H2,1-2H3/t11-,12+/m1/s1. The Kier molecular flexibility index (Phi) is 4.88. The van der Waals surface area contributed by atoms with Crippen LogP contribution in [0.15, 0.2) is 42.5 Å². The van der Waals surface area contributed by atoms with Crippen molar-refractivity contribution in [2.75, 3.05) is 6.61 Å². The molecule has 7 heteroatoms. The van der Waals surface area contributed by atoms with Gasteiger partial charge in [0.05, 0.1) is 17.6 Å². The number of fused-ring (bicyclic) bond motifs is 1. The predicted molar refractivity (Wildman–Crippen MR) is 92.4 cm³/mol. The van der Waals surface area contributed by atoms with Crippen molar-refractivity contribution >= 4 is 17.5 Å². The zero-order valence-electron chi connectivity index (χ0n) is 14.2. The van der Waals surface area contributed by atoms with Crippen LogP contribution in [0.5, 0.6) is 5.75 Å². The molecule has 2 aromatic carbocycles. The van der Waals surface area contributed by atoms with Crippen LogP contribution in [-0.2, 0) is 6.18 Å². The summed E-state index contributed by atoms with van der Waals surface area (Å²) in [6, 6.07) is 8.89. The fourth-order valence-electron chi connectivity index (χ4n) is 3.12. The van der Waals surface area contributed by atoms with E-state index >= 15 is 0 Å². The number of alkyl halides is 3. The maximum atomic E-state index is 13.1. The van der Waals surface area contributed by atoms with E-state index in [1.165, 1.54) is 6.07 Å². The van der Waals surface area contributed by atoms with Crippen molar-refractivity contribution in [3.05, 3.63) is 64.2 Å². The third-order valence-electron chi connectivity index (χ3n) is 4.49.